The van der Waals surface area contributed by atoms with E-state index in [0.717, 1.165) is 31.2 Å². The normalized spacial score (nSPS) is 16.8. The molecule has 1 aromatic heterocycles. The Morgan fingerprint density at radius 1 is 1.03 bits per heavy atom. The molecule has 3 rings (SSSR count). The summed E-state index contributed by atoms with van der Waals surface area (Å²) in [5.74, 6) is 1.26. The lowest BCUT2D eigenvalue weighted by atomic mass is 10.0. The second-order valence-electron chi connectivity index (χ2n) is 11.0. The lowest BCUT2D eigenvalue weighted by Crippen LogP contribution is -2.38. The molecular weight excluding hydrogens is 438 g/mol. The Morgan fingerprint density at radius 2 is 1.71 bits per heavy atom. The predicted molar refractivity (Wildman–Crippen MR) is 140 cm³/mol. The molecular formula is C29H45N3O3. The fourth-order valence-corrected chi connectivity index (χ4v) is 4.64. The van der Waals surface area contributed by atoms with Crippen molar-refractivity contribution in [3.8, 4) is 11.4 Å². The number of aromatic nitrogens is 2. The number of unbranched alkanes of at least 4 members (excludes halogenated alkanes) is 7. The summed E-state index contributed by atoms with van der Waals surface area (Å²) < 4.78 is 11.2. The van der Waals surface area contributed by atoms with E-state index in [0.29, 0.717) is 24.8 Å². The third-order valence-electron chi connectivity index (χ3n) is 6.65. The van der Waals surface area contributed by atoms with Crippen LogP contribution < -0.4 is 0 Å². The topological polar surface area (TPSA) is 68.5 Å². The fourth-order valence-electron chi connectivity index (χ4n) is 4.64. The first-order valence-electron chi connectivity index (χ1n) is 13.8. The van der Waals surface area contributed by atoms with Crippen molar-refractivity contribution in [1.82, 2.24) is 15.0 Å². The largest absolute Gasteiger partial charge is 0.444 e. The van der Waals surface area contributed by atoms with E-state index in [1.54, 1.807) is 4.90 Å². The molecule has 1 amide bonds. The molecule has 6 heteroatoms. The number of likely N-dealkylation sites (tertiary alicyclic amines) is 1. The second-order valence-corrected chi connectivity index (χ2v) is 11.0. The van der Waals surface area contributed by atoms with Crippen LogP contribution in [0.15, 0.2) is 28.8 Å². The van der Waals surface area contributed by atoms with E-state index in [1.165, 1.54) is 56.9 Å². The van der Waals surface area contributed by atoms with Crippen LogP contribution in [-0.2, 0) is 11.2 Å². The van der Waals surface area contributed by atoms with Gasteiger partial charge in [-0.05, 0) is 52.0 Å². The first-order chi connectivity index (χ1) is 16.9. The molecule has 0 bridgehead atoms. The van der Waals surface area contributed by atoms with Crippen LogP contribution in [0.3, 0.4) is 0 Å². The molecule has 0 aliphatic carbocycles. The summed E-state index contributed by atoms with van der Waals surface area (Å²) in [5.41, 5.74) is 1.83. The van der Waals surface area contributed by atoms with E-state index >= 15 is 0 Å². The maximum atomic E-state index is 12.6. The Labute approximate surface area is 211 Å². The van der Waals surface area contributed by atoms with Crippen molar-refractivity contribution in [3.05, 3.63) is 35.7 Å². The van der Waals surface area contributed by atoms with Gasteiger partial charge in [0.25, 0.3) is 0 Å². The second kappa shape index (κ2) is 13.6. The zero-order valence-electron chi connectivity index (χ0n) is 22.4. The van der Waals surface area contributed by atoms with Crippen LogP contribution in [0, 0.1) is 0 Å². The summed E-state index contributed by atoms with van der Waals surface area (Å²) in [6, 6.07) is 8.55. The summed E-state index contributed by atoms with van der Waals surface area (Å²) >= 11 is 0. The molecule has 1 saturated heterocycles. The number of carbonyl (C=O) groups excluding carboxylic acids is 1. The van der Waals surface area contributed by atoms with Gasteiger partial charge in [0.1, 0.15) is 5.60 Å². The van der Waals surface area contributed by atoms with Crippen LogP contribution in [-0.4, -0.2) is 39.8 Å². The van der Waals surface area contributed by atoms with Crippen LogP contribution in [0.5, 0.6) is 0 Å². The third kappa shape index (κ3) is 9.30. The minimum Gasteiger partial charge on any atom is -0.444 e. The van der Waals surface area contributed by atoms with Crippen LogP contribution in [0.25, 0.3) is 11.4 Å². The average molecular weight is 484 g/mol. The number of hydrogen-bond donors (Lipinski definition) is 0. The Kier molecular flexibility index (Phi) is 10.6. The van der Waals surface area contributed by atoms with E-state index in [1.807, 2.05) is 20.8 Å². The Hall–Kier alpha value is -2.37. The van der Waals surface area contributed by atoms with Gasteiger partial charge in [0, 0.05) is 18.7 Å². The maximum absolute atomic E-state index is 12.6. The molecule has 1 unspecified atom stereocenters. The van der Waals surface area contributed by atoms with Crippen LogP contribution >= 0.6 is 0 Å². The molecule has 1 fully saturated rings. The highest BCUT2D eigenvalue weighted by Crippen LogP contribution is 2.28. The number of carbonyl (C=O) groups is 1. The fraction of sp³-hybridized carbons (Fsp3) is 0.690. The standard InChI is InChI=1S/C29H45N3O3/c1-5-6-7-8-9-10-11-12-15-23-17-19-24(20-18-23)26-30-27(35-31-26)25-16-13-14-21-32(22-25)28(33)34-29(2,3)4/h17-20,25H,5-16,21-22H2,1-4H3. The molecule has 0 N–H and O–H groups in total. The molecule has 0 radical (unpaired) electrons. The zero-order chi connectivity index (χ0) is 25.1. The highest BCUT2D eigenvalue weighted by atomic mass is 16.6. The highest BCUT2D eigenvalue weighted by Gasteiger charge is 2.29. The molecule has 1 aromatic carbocycles. The lowest BCUT2D eigenvalue weighted by molar-refractivity contribution is 0.0244. The molecule has 2 aromatic rings. The van der Waals surface area contributed by atoms with Crippen LogP contribution in [0.4, 0.5) is 4.79 Å². The maximum Gasteiger partial charge on any atom is 0.410 e. The Balaban J connectivity index is 1.50. The molecule has 35 heavy (non-hydrogen) atoms. The number of amides is 1. The number of rotatable bonds is 11. The molecule has 0 spiro atoms. The van der Waals surface area contributed by atoms with E-state index in [9.17, 15) is 4.79 Å². The Morgan fingerprint density at radius 3 is 2.40 bits per heavy atom. The van der Waals surface area contributed by atoms with Gasteiger partial charge in [-0.25, -0.2) is 4.79 Å². The monoisotopic (exact) mass is 483 g/mol. The molecule has 6 nitrogen and oxygen atoms in total. The molecule has 194 valence electrons. The van der Waals surface area contributed by atoms with Crippen molar-refractivity contribution in [2.45, 2.75) is 116 Å². The van der Waals surface area contributed by atoms with Gasteiger partial charge in [-0.15, -0.1) is 0 Å². The van der Waals surface area contributed by atoms with E-state index in [-0.39, 0.29) is 12.0 Å². The third-order valence-corrected chi connectivity index (χ3v) is 6.65. The average Bonchev–Trinajstić information content (AvgIpc) is 3.18. The van der Waals surface area contributed by atoms with Gasteiger partial charge < -0.3 is 14.2 Å². The van der Waals surface area contributed by atoms with Gasteiger partial charge >= 0.3 is 6.09 Å². The number of hydrogen-bond acceptors (Lipinski definition) is 5. The number of aryl methyl sites for hydroxylation is 1. The van der Waals surface area contributed by atoms with Crippen molar-refractivity contribution in [2.24, 2.45) is 0 Å². The van der Waals surface area contributed by atoms with Crippen molar-refractivity contribution in [2.75, 3.05) is 13.1 Å². The first-order valence-corrected chi connectivity index (χ1v) is 13.8. The van der Waals surface area contributed by atoms with Gasteiger partial charge in [0.15, 0.2) is 0 Å². The number of ether oxygens (including phenoxy) is 1. The molecule has 1 aliphatic heterocycles. The summed E-state index contributed by atoms with van der Waals surface area (Å²) in [6.45, 7) is 9.20. The quantitative estimate of drug-likeness (QED) is 0.304. The SMILES string of the molecule is CCCCCCCCCCc1ccc(-c2noc(C3CCCCN(C(=O)OC(C)(C)C)C3)n2)cc1. The Bertz CT molecular complexity index is 885. The van der Waals surface area contributed by atoms with E-state index in [2.05, 4.69) is 36.3 Å². The van der Waals surface area contributed by atoms with E-state index in [4.69, 9.17) is 14.2 Å². The van der Waals surface area contributed by atoms with Crippen molar-refractivity contribution in [3.63, 3.8) is 0 Å². The van der Waals surface area contributed by atoms with Gasteiger partial charge in [-0.2, -0.15) is 4.98 Å². The van der Waals surface area contributed by atoms with Gasteiger partial charge in [-0.1, -0.05) is 87.7 Å². The van der Waals surface area contributed by atoms with Crippen LogP contribution in [0.1, 0.15) is 116 Å². The minimum atomic E-state index is -0.503. The smallest absolute Gasteiger partial charge is 0.410 e. The predicted octanol–water partition coefficient (Wildman–Crippen LogP) is 7.92. The van der Waals surface area contributed by atoms with E-state index < -0.39 is 5.60 Å². The summed E-state index contributed by atoms with van der Waals surface area (Å²) in [5, 5.41) is 4.25. The van der Waals surface area contributed by atoms with Crippen molar-refractivity contribution in [1.29, 1.82) is 0 Å². The summed E-state index contributed by atoms with van der Waals surface area (Å²) in [7, 11) is 0. The number of nitrogens with zero attached hydrogens (tertiary/aromatic N) is 3. The van der Waals surface area contributed by atoms with Crippen molar-refractivity contribution >= 4 is 6.09 Å². The van der Waals surface area contributed by atoms with Crippen LogP contribution in [0.2, 0.25) is 0 Å². The summed E-state index contributed by atoms with van der Waals surface area (Å²) in [4.78, 5) is 19.1. The van der Waals surface area contributed by atoms with Gasteiger partial charge in [0.2, 0.25) is 11.7 Å². The first kappa shape index (κ1) is 27.2. The molecule has 1 aliphatic rings. The number of benzene rings is 1. The zero-order valence-corrected chi connectivity index (χ0v) is 22.4. The van der Waals surface area contributed by atoms with Gasteiger partial charge in [-0.3, -0.25) is 0 Å². The molecule has 0 saturated carbocycles. The molecule has 1 atom stereocenters. The van der Waals surface area contributed by atoms with Gasteiger partial charge in [0.05, 0.1) is 5.92 Å². The highest BCUT2D eigenvalue weighted by molar-refractivity contribution is 5.68. The minimum absolute atomic E-state index is 0.0347. The van der Waals surface area contributed by atoms with Crippen molar-refractivity contribution < 1.29 is 14.1 Å². The molecule has 2 heterocycles. The lowest BCUT2D eigenvalue weighted by Gasteiger charge is -2.27. The summed E-state index contributed by atoms with van der Waals surface area (Å²) in [6.07, 6.45) is 14.5.